The first-order valence-corrected chi connectivity index (χ1v) is 8.67. The van der Waals surface area contributed by atoms with E-state index < -0.39 is 6.10 Å². The largest absolute Gasteiger partial charge is 0.508 e. The Morgan fingerprint density at radius 2 is 2.12 bits per heavy atom. The van der Waals surface area contributed by atoms with Crippen molar-refractivity contribution in [2.45, 2.75) is 51.2 Å². The predicted octanol–water partition coefficient (Wildman–Crippen LogP) is 2.99. The van der Waals surface area contributed by atoms with E-state index in [9.17, 15) is 10.2 Å². The van der Waals surface area contributed by atoms with Crippen molar-refractivity contribution in [3.63, 3.8) is 0 Å². The highest BCUT2D eigenvalue weighted by atomic mass is 16.5. The molecule has 1 heterocycles. The van der Waals surface area contributed by atoms with E-state index in [-0.39, 0.29) is 5.75 Å². The second-order valence-electron chi connectivity index (χ2n) is 6.47. The number of rotatable bonds is 7. The Hall–Kier alpha value is -1.92. The molecule has 1 saturated carbocycles. The van der Waals surface area contributed by atoms with Crippen LogP contribution in [0.1, 0.15) is 61.9 Å². The van der Waals surface area contributed by atoms with Gasteiger partial charge in [0.2, 0.25) is 5.89 Å². The second-order valence-corrected chi connectivity index (χ2v) is 6.47. The molecule has 1 aliphatic rings. The van der Waals surface area contributed by atoms with Crippen molar-refractivity contribution in [1.29, 1.82) is 0 Å². The summed E-state index contributed by atoms with van der Waals surface area (Å²) in [4.78, 5) is 6.60. The van der Waals surface area contributed by atoms with Crippen molar-refractivity contribution in [2.75, 3.05) is 13.1 Å². The predicted molar refractivity (Wildman–Crippen MR) is 89.5 cm³/mol. The smallest absolute Gasteiger partial charge is 0.229 e. The Balaban J connectivity index is 1.60. The number of aromatic nitrogens is 2. The molecule has 0 aliphatic heterocycles. The maximum absolute atomic E-state index is 10.4. The molecule has 1 fully saturated rings. The first-order valence-electron chi connectivity index (χ1n) is 8.67. The lowest BCUT2D eigenvalue weighted by molar-refractivity contribution is 0.110. The third-order valence-electron chi connectivity index (χ3n) is 4.69. The maximum atomic E-state index is 10.4. The van der Waals surface area contributed by atoms with E-state index in [4.69, 9.17) is 4.52 Å². The van der Waals surface area contributed by atoms with Crippen LogP contribution in [0.3, 0.4) is 0 Å². The van der Waals surface area contributed by atoms with Crippen LogP contribution < -0.4 is 0 Å². The summed E-state index contributed by atoms with van der Waals surface area (Å²) in [5.74, 6) is 2.00. The fourth-order valence-electron chi connectivity index (χ4n) is 3.26. The van der Waals surface area contributed by atoms with Gasteiger partial charge in [0.15, 0.2) is 5.82 Å². The van der Waals surface area contributed by atoms with Crippen LogP contribution in [0, 0.1) is 0 Å². The topological polar surface area (TPSA) is 82.6 Å². The van der Waals surface area contributed by atoms with Gasteiger partial charge in [-0.1, -0.05) is 37.1 Å². The summed E-state index contributed by atoms with van der Waals surface area (Å²) in [5, 5.41) is 24.0. The zero-order valence-electron chi connectivity index (χ0n) is 14.1. The maximum Gasteiger partial charge on any atom is 0.229 e. The average Bonchev–Trinajstić information content (AvgIpc) is 3.25. The van der Waals surface area contributed by atoms with Gasteiger partial charge in [-0.05, 0) is 37.1 Å². The molecule has 6 nitrogen and oxygen atoms in total. The van der Waals surface area contributed by atoms with Crippen LogP contribution >= 0.6 is 0 Å². The molecule has 2 aromatic rings. The average molecular weight is 331 g/mol. The summed E-state index contributed by atoms with van der Waals surface area (Å²) in [6.07, 6.45) is 4.07. The van der Waals surface area contributed by atoms with Crippen molar-refractivity contribution < 1.29 is 14.7 Å². The van der Waals surface area contributed by atoms with Gasteiger partial charge in [0.1, 0.15) is 5.75 Å². The number of aliphatic hydroxyl groups excluding tert-OH is 1. The second kappa shape index (κ2) is 7.77. The number of nitrogens with zero attached hydrogens (tertiary/aromatic N) is 3. The van der Waals surface area contributed by atoms with E-state index in [1.165, 1.54) is 12.8 Å². The summed E-state index contributed by atoms with van der Waals surface area (Å²) < 4.78 is 5.42. The molecule has 0 unspecified atom stereocenters. The molecule has 1 atom stereocenters. The van der Waals surface area contributed by atoms with Crippen molar-refractivity contribution >= 4 is 0 Å². The summed E-state index contributed by atoms with van der Waals surface area (Å²) in [7, 11) is 0. The number of likely N-dealkylation sites (N-methyl/N-ethyl adjacent to an activating group) is 1. The molecular weight excluding hydrogens is 306 g/mol. The standard InChI is InChI=1S/C18H25N3O3/c1-2-21(11-16(23)14-8-5-9-15(22)10-14)12-17-19-18(24-20-17)13-6-3-4-7-13/h5,8-10,13,16,22-23H,2-4,6-7,11-12H2,1H3/t16-/m0/s1. The molecule has 2 N–H and O–H groups in total. The quantitative estimate of drug-likeness (QED) is 0.811. The van der Waals surface area contributed by atoms with Gasteiger partial charge in [-0.2, -0.15) is 4.98 Å². The summed E-state index contributed by atoms with van der Waals surface area (Å²) >= 11 is 0. The van der Waals surface area contributed by atoms with E-state index in [0.717, 1.165) is 25.3 Å². The number of benzene rings is 1. The van der Waals surface area contributed by atoms with Crippen molar-refractivity contribution in [1.82, 2.24) is 15.0 Å². The van der Waals surface area contributed by atoms with E-state index >= 15 is 0 Å². The summed E-state index contributed by atoms with van der Waals surface area (Å²) in [5.41, 5.74) is 0.702. The van der Waals surface area contributed by atoms with Gasteiger partial charge in [0.25, 0.3) is 0 Å². The Morgan fingerprint density at radius 3 is 2.83 bits per heavy atom. The minimum absolute atomic E-state index is 0.161. The normalized spacial score (nSPS) is 16.8. The molecule has 6 heteroatoms. The highest BCUT2D eigenvalue weighted by Gasteiger charge is 2.23. The molecule has 3 rings (SSSR count). The van der Waals surface area contributed by atoms with Crippen LogP contribution in [0.4, 0.5) is 0 Å². The highest BCUT2D eigenvalue weighted by molar-refractivity contribution is 5.28. The Labute approximate surface area is 142 Å². The van der Waals surface area contributed by atoms with Gasteiger partial charge < -0.3 is 14.7 Å². The summed E-state index contributed by atoms with van der Waals surface area (Å²) in [6, 6.07) is 6.73. The zero-order chi connectivity index (χ0) is 16.9. The van der Waals surface area contributed by atoms with E-state index in [2.05, 4.69) is 15.0 Å². The lowest BCUT2D eigenvalue weighted by atomic mass is 10.1. The van der Waals surface area contributed by atoms with Crippen LogP contribution in [0.5, 0.6) is 5.75 Å². The third-order valence-corrected chi connectivity index (χ3v) is 4.69. The fourth-order valence-corrected chi connectivity index (χ4v) is 3.26. The van der Waals surface area contributed by atoms with Crippen LogP contribution in [0.25, 0.3) is 0 Å². The molecule has 0 saturated heterocycles. The SMILES string of the molecule is CCN(Cc1noc(C2CCCC2)n1)C[C@H](O)c1cccc(O)c1. The van der Waals surface area contributed by atoms with E-state index in [1.807, 2.05) is 13.0 Å². The molecule has 1 aromatic carbocycles. The van der Waals surface area contributed by atoms with Crippen LogP contribution in [0.15, 0.2) is 28.8 Å². The van der Waals surface area contributed by atoms with Gasteiger partial charge in [-0.25, -0.2) is 0 Å². The molecule has 1 aliphatic carbocycles. The number of hydrogen-bond donors (Lipinski definition) is 2. The molecule has 1 aromatic heterocycles. The molecule has 24 heavy (non-hydrogen) atoms. The number of aliphatic hydroxyl groups is 1. The van der Waals surface area contributed by atoms with Gasteiger partial charge in [0, 0.05) is 12.5 Å². The van der Waals surface area contributed by atoms with Crippen molar-refractivity contribution in [3.05, 3.63) is 41.5 Å². The number of aromatic hydroxyl groups is 1. The molecule has 0 bridgehead atoms. The lowest BCUT2D eigenvalue weighted by Gasteiger charge is -2.22. The van der Waals surface area contributed by atoms with Crippen LogP contribution in [-0.4, -0.2) is 38.3 Å². The number of hydrogen-bond acceptors (Lipinski definition) is 6. The lowest BCUT2D eigenvalue weighted by Crippen LogP contribution is -2.28. The van der Waals surface area contributed by atoms with Crippen LogP contribution in [0.2, 0.25) is 0 Å². The van der Waals surface area contributed by atoms with E-state index in [1.54, 1.807) is 18.2 Å². The summed E-state index contributed by atoms with van der Waals surface area (Å²) in [6.45, 7) is 3.80. The Kier molecular flexibility index (Phi) is 5.48. The van der Waals surface area contributed by atoms with Gasteiger partial charge in [0.05, 0.1) is 12.6 Å². The minimum atomic E-state index is -0.668. The zero-order valence-corrected chi connectivity index (χ0v) is 14.1. The Bertz CT molecular complexity index is 652. The molecule has 0 radical (unpaired) electrons. The van der Waals surface area contributed by atoms with Crippen molar-refractivity contribution in [2.24, 2.45) is 0 Å². The first-order chi connectivity index (χ1) is 11.7. The molecular formula is C18H25N3O3. The Morgan fingerprint density at radius 1 is 1.33 bits per heavy atom. The minimum Gasteiger partial charge on any atom is -0.508 e. The van der Waals surface area contributed by atoms with Gasteiger partial charge in [-0.15, -0.1) is 0 Å². The third kappa shape index (κ3) is 4.13. The molecule has 130 valence electrons. The fraction of sp³-hybridized carbons (Fsp3) is 0.556. The van der Waals surface area contributed by atoms with Gasteiger partial charge in [-0.3, -0.25) is 4.90 Å². The molecule has 0 amide bonds. The number of phenols is 1. The van der Waals surface area contributed by atoms with Crippen molar-refractivity contribution in [3.8, 4) is 5.75 Å². The van der Waals surface area contributed by atoms with Gasteiger partial charge >= 0.3 is 0 Å². The van der Waals surface area contributed by atoms with Crippen LogP contribution in [-0.2, 0) is 6.54 Å². The monoisotopic (exact) mass is 331 g/mol. The number of phenolic OH excluding ortho intramolecular Hbond substituents is 1. The van der Waals surface area contributed by atoms with E-state index in [0.29, 0.717) is 30.4 Å². The highest BCUT2D eigenvalue weighted by Crippen LogP contribution is 2.33. The first kappa shape index (κ1) is 16.9. The molecule has 0 spiro atoms.